The molecule has 0 unspecified atom stereocenters. The monoisotopic (exact) mass is 369 g/mol. The van der Waals surface area contributed by atoms with Crippen LogP contribution in [0.4, 0.5) is 11.4 Å². The molecule has 1 saturated heterocycles. The molecule has 1 aromatic rings. The summed E-state index contributed by atoms with van der Waals surface area (Å²) < 4.78 is 33.0. The number of hydrogen-bond acceptors (Lipinski definition) is 8. The third-order valence-electron chi connectivity index (χ3n) is 3.27. The van der Waals surface area contributed by atoms with Crippen LogP contribution < -0.4 is 15.4 Å². The van der Waals surface area contributed by atoms with E-state index in [9.17, 15) is 18.0 Å². The van der Waals surface area contributed by atoms with Crippen LogP contribution in [0.2, 0.25) is 0 Å². The molecule has 0 atom stereocenters. The molecule has 0 saturated carbocycles. The van der Waals surface area contributed by atoms with Crippen molar-refractivity contribution < 1.29 is 27.5 Å². The number of primary sulfonamides is 1. The van der Waals surface area contributed by atoms with E-state index in [4.69, 9.17) is 14.6 Å². The Bertz CT molecular complexity index is 836. The second kappa shape index (κ2) is 6.37. The number of sulfonamides is 1. The Balaban J connectivity index is 2.39. The number of ether oxygens (including phenoxy) is 2. The summed E-state index contributed by atoms with van der Waals surface area (Å²) in [5.41, 5.74) is 0.599. The fourth-order valence-corrected chi connectivity index (χ4v) is 2.67. The van der Waals surface area contributed by atoms with E-state index in [2.05, 4.69) is 5.32 Å². The standard InChI is InChI=1S/C15H19N3O6S/c1-15(2)23-13(19)10(14(20)24-15)8-17-11-7-9(25(16,21)22)5-6-12(11)18(3)4/h5-8,17H,1-4H3,(H2,16,21,22). The molecule has 1 fully saturated rings. The van der Waals surface area contributed by atoms with E-state index in [0.29, 0.717) is 11.4 Å². The minimum atomic E-state index is -3.91. The molecular weight excluding hydrogens is 350 g/mol. The van der Waals surface area contributed by atoms with Crippen LogP contribution in [-0.2, 0) is 29.1 Å². The van der Waals surface area contributed by atoms with E-state index in [1.165, 1.54) is 26.0 Å². The largest absolute Gasteiger partial charge is 0.419 e. The second-order valence-corrected chi connectivity index (χ2v) is 7.56. The molecule has 1 aliphatic heterocycles. The molecule has 0 radical (unpaired) electrons. The minimum absolute atomic E-state index is 0.117. The molecule has 0 aliphatic carbocycles. The van der Waals surface area contributed by atoms with Crippen LogP contribution in [0, 0.1) is 0 Å². The SMILES string of the molecule is CN(C)c1ccc(S(N)(=O)=O)cc1NC=C1C(=O)OC(C)(C)OC1=O. The zero-order chi connectivity index (χ0) is 19.0. The molecule has 0 amide bonds. The van der Waals surface area contributed by atoms with Gasteiger partial charge in [-0.15, -0.1) is 0 Å². The third kappa shape index (κ3) is 4.28. The van der Waals surface area contributed by atoms with E-state index in [1.807, 2.05) is 0 Å². The number of benzene rings is 1. The Labute approximate surface area is 145 Å². The van der Waals surface area contributed by atoms with Crippen molar-refractivity contribution >= 4 is 33.3 Å². The summed E-state index contributed by atoms with van der Waals surface area (Å²) in [5, 5.41) is 7.87. The molecule has 1 aliphatic rings. The summed E-state index contributed by atoms with van der Waals surface area (Å²) in [6.07, 6.45) is 1.11. The van der Waals surface area contributed by atoms with Crippen molar-refractivity contribution in [1.29, 1.82) is 0 Å². The maximum Gasteiger partial charge on any atom is 0.350 e. The topological polar surface area (TPSA) is 128 Å². The molecule has 2 rings (SSSR count). The first-order valence-corrected chi connectivity index (χ1v) is 8.73. The highest BCUT2D eigenvalue weighted by atomic mass is 32.2. The maximum absolute atomic E-state index is 11.9. The van der Waals surface area contributed by atoms with Crippen molar-refractivity contribution in [1.82, 2.24) is 0 Å². The summed E-state index contributed by atoms with van der Waals surface area (Å²) in [7, 11) is -0.418. The fourth-order valence-electron chi connectivity index (χ4n) is 2.13. The average Bonchev–Trinajstić information content (AvgIpc) is 2.43. The summed E-state index contributed by atoms with van der Waals surface area (Å²) in [6.45, 7) is 2.87. The molecular formula is C15H19N3O6S. The first-order valence-electron chi connectivity index (χ1n) is 7.18. The van der Waals surface area contributed by atoms with Crippen LogP contribution in [0.1, 0.15) is 13.8 Å². The lowest BCUT2D eigenvalue weighted by Gasteiger charge is -2.29. The van der Waals surface area contributed by atoms with Gasteiger partial charge < -0.3 is 19.7 Å². The number of hydrogen-bond donors (Lipinski definition) is 2. The zero-order valence-electron chi connectivity index (χ0n) is 14.2. The summed E-state index contributed by atoms with van der Waals surface area (Å²) >= 11 is 0. The van der Waals surface area contributed by atoms with Crippen LogP contribution in [0.3, 0.4) is 0 Å². The number of carbonyl (C=O) groups is 2. The summed E-state index contributed by atoms with van der Waals surface area (Å²) in [4.78, 5) is 25.5. The third-order valence-corrected chi connectivity index (χ3v) is 4.18. The molecule has 1 heterocycles. The molecule has 3 N–H and O–H groups in total. The van der Waals surface area contributed by atoms with E-state index < -0.39 is 27.7 Å². The van der Waals surface area contributed by atoms with E-state index in [1.54, 1.807) is 25.1 Å². The quantitative estimate of drug-likeness (QED) is 0.447. The van der Waals surface area contributed by atoms with Crippen molar-refractivity contribution in [3.8, 4) is 0 Å². The number of anilines is 2. The van der Waals surface area contributed by atoms with Crippen LogP contribution in [0.15, 0.2) is 34.9 Å². The van der Waals surface area contributed by atoms with Gasteiger partial charge in [0.15, 0.2) is 5.57 Å². The Morgan fingerprint density at radius 3 is 2.20 bits per heavy atom. The van der Waals surface area contributed by atoms with Crippen LogP contribution >= 0.6 is 0 Å². The van der Waals surface area contributed by atoms with Crippen molar-refractivity contribution in [3.05, 3.63) is 30.0 Å². The molecule has 0 bridgehead atoms. The lowest BCUT2D eigenvalue weighted by atomic mass is 10.2. The highest BCUT2D eigenvalue weighted by molar-refractivity contribution is 7.89. The molecule has 136 valence electrons. The lowest BCUT2D eigenvalue weighted by molar-refractivity contribution is -0.222. The average molecular weight is 369 g/mol. The highest BCUT2D eigenvalue weighted by Gasteiger charge is 2.39. The Morgan fingerprint density at radius 1 is 1.16 bits per heavy atom. The van der Waals surface area contributed by atoms with Gasteiger partial charge in [0.25, 0.3) is 5.79 Å². The second-order valence-electron chi connectivity index (χ2n) is 6.00. The summed E-state index contributed by atoms with van der Waals surface area (Å²) in [5.74, 6) is -3.03. The lowest BCUT2D eigenvalue weighted by Crippen LogP contribution is -2.42. The van der Waals surface area contributed by atoms with Gasteiger partial charge in [0.1, 0.15) is 0 Å². The first kappa shape index (κ1) is 18.7. The Kier molecular flexibility index (Phi) is 4.78. The van der Waals surface area contributed by atoms with Gasteiger partial charge in [-0.05, 0) is 18.2 Å². The number of nitrogens with one attached hydrogen (secondary N) is 1. The Morgan fingerprint density at radius 2 is 1.72 bits per heavy atom. The number of cyclic esters (lactones) is 2. The molecule has 9 nitrogen and oxygen atoms in total. The molecule has 10 heteroatoms. The van der Waals surface area contributed by atoms with Crippen molar-refractivity contribution in [2.45, 2.75) is 24.5 Å². The van der Waals surface area contributed by atoms with Gasteiger partial charge in [-0.3, -0.25) is 0 Å². The Hall–Kier alpha value is -2.59. The minimum Gasteiger partial charge on any atom is -0.419 e. The smallest absolute Gasteiger partial charge is 0.350 e. The van der Waals surface area contributed by atoms with Gasteiger partial charge in [-0.1, -0.05) is 0 Å². The maximum atomic E-state index is 11.9. The van der Waals surface area contributed by atoms with Gasteiger partial charge in [-0.25, -0.2) is 23.1 Å². The van der Waals surface area contributed by atoms with Gasteiger partial charge in [0.2, 0.25) is 10.0 Å². The van der Waals surface area contributed by atoms with Crippen molar-refractivity contribution in [3.63, 3.8) is 0 Å². The number of esters is 2. The van der Waals surface area contributed by atoms with Gasteiger partial charge in [0, 0.05) is 34.1 Å². The van der Waals surface area contributed by atoms with Crippen LogP contribution in [0.25, 0.3) is 0 Å². The predicted octanol–water partition coefficient (Wildman–Crippen LogP) is 0.532. The fraction of sp³-hybridized carbons (Fsp3) is 0.333. The van der Waals surface area contributed by atoms with Gasteiger partial charge in [0.05, 0.1) is 16.3 Å². The molecule has 25 heavy (non-hydrogen) atoms. The van der Waals surface area contributed by atoms with E-state index >= 15 is 0 Å². The molecule has 0 aromatic heterocycles. The van der Waals surface area contributed by atoms with E-state index in [-0.39, 0.29) is 10.5 Å². The summed E-state index contributed by atoms with van der Waals surface area (Å²) in [6, 6.07) is 4.20. The first-order chi connectivity index (χ1) is 11.4. The van der Waals surface area contributed by atoms with E-state index in [0.717, 1.165) is 6.20 Å². The highest BCUT2D eigenvalue weighted by Crippen LogP contribution is 2.28. The number of nitrogens with two attached hydrogens (primary N) is 1. The predicted molar refractivity (Wildman–Crippen MR) is 90.1 cm³/mol. The molecule has 1 aromatic carbocycles. The number of carbonyl (C=O) groups excluding carboxylic acids is 2. The van der Waals surface area contributed by atoms with Crippen LogP contribution in [-0.4, -0.2) is 40.2 Å². The zero-order valence-corrected chi connectivity index (χ0v) is 15.0. The number of nitrogens with zero attached hydrogens (tertiary/aromatic N) is 1. The molecule has 0 spiro atoms. The van der Waals surface area contributed by atoms with Crippen molar-refractivity contribution in [2.75, 3.05) is 24.3 Å². The number of rotatable bonds is 4. The van der Waals surface area contributed by atoms with Gasteiger partial charge >= 0.3 is 11.9 Å². The van der Waals surface area contributed by atoms with Gasteiger partial charge in [-0.2, -0.15) is 0 Å². The normalized spacial score (nSPS) is 16.8. The van der Waals surface area contributed by atoms with Crippen LogP contribution in [0.5, 0.6) is 0 Å². The van der Waals surface area contributed by atoms with Crippen molar-refractivity contribution in [2.24, 2.45) is 5.14 Å².